The van der Waals surface area contributed by atoms with Crippen LogP contribution in [0.2, 0.25) is 0 Å². The highest BCUT2D eigenvalue weighted by molar-refractivity contribution is 5.98. The van der Waals surface area contributed by atoms with Crippen LogP contribution in [0.3, 0.4) is 0 Å². The molecule has 92 valence electrons. The van der Waals surface area contributed by atoms with E-state index in [9.17, 15) is 9.18 Å². The number of methoxy groups -OCH3 is 1. The number of nitrogen functional groups attached to an aromatic ring is 1. The summed E-state index contributed by atoms with van der Waals surface area (Å²) < 4.78 is 17.6. The van der Waals surface area contributed by atoms with E-state index in [1.165, 1.54) is 19.2 Å². The Kier molecular flexibility index (Phi) is 3.28. The summed E-state index contributed by atoms with van der Waals surface area (Å²) in [5, 5.41) is 0. The predicted molar refractivity (Wildman–Crippen MR) is 67.6 cm³/mol. The zero-order valence-electron chi connectivity index (χ0n) is 9.81. The molecule has 18 heavy (non-hydrogen) atoms. The highest BCUT2D eigenvalue weighted by Gasteiger charge is 2.13. The summed E-state index contributed by atoms with van der Waals surface area (Å²) in [6.07, 6.45) is 0. The first-order valence-electron chi connectivity index (χ1n) is 5.35. The number of hydrogen-bond donors (Lipinski definition) is 1. The van der Waals surface area contributed by atoms with Crippen molar-refractivity contribution in [1.29, 1.82) is 0 Å². The molecule has 3 nitrogen and oxygen atoms in total. The van der Waals surface area contributed by atoms with Gasteiger partial charge < -0.3 is 10.5 Å². The maximum atomic E-state index is 12.9. The van der Waals surface area contributed by atoms with Gasteiger partial charge in [0.05, 0.1) is 12.7 Å². The van der Waals surface area contributed by atoms with Crippen LogP contribution in [0.4, 0.5) is 10.1 Å². The van der Waals surface area contributed by atoms with Gasteiger partial charge in [-0.25, -0.2) is 9.18 Å². The minimum absolute atomic E-state index is 0.325. The average molecular weight is 245 g/mol. The summed E-state index contributed by atoms with van der Waals surface area (Å²) in [4.78, 5) is 11.7. The van der Waals surface area contributed by atoms with Crippen molar-refractivity contribution < 1.29 is 13.9 Å². The zero-order valence-corrected chi connectivity index (χ0v) is 9.81. The van der Waals surface area contributed by atoms with E-state index in [4.69, 9.17) is 10.5 Å². The Labute approximate surface area is 104 Å². The highest BCUT2D eigenvalue weighted by atomic mass is 19.1. The molecule has 0 aromatic heterocycles. The van der Waals surface area contributed by atoms with Crippen molar-refractivity contribution in [2.24, 2.45) is 0 Å². The molecule has 4 heteroatoms. The fourth-order valence-electron chi connectivity index (χ4n) is 1.72. The van der Waals surface area contributed by atoms with Crippen LogP contribution in [-0.2, 0) is 4.74 Å². The van der Waals surface area contributed by atoms with Gasteiger partial charge in [0.2, 0.25) is 0 Å². The molecule has 0 bridgehead atoms. The van der Waals surface area contributed by atoms with E-state index in [1.54, 1.807) is 30.3 Å². The summed E-state index contributed by atoms with van der Waals surface area (Å²) in [5.74, 6) is -0.796. The summed E-state index contributed by atoms with van der Waals surface area (Å²) in [7, 11) is 1.31. The number of carbonyl (C=O) groups excluding carboxylic acids is 1. The number of benzene rings is 2. The Balaban J connectivity index is 2.56. The van der Waals surface area contributed by atoms with E-state index in [-0.39, 0.29) is 5.82 Å². The van der Waals surface area contributed by atoms with Crippen LogP contribution in [0.5, 0.6) is 0 Å². The fourth-order valence-corrected chi connectivity index (χ4v) is 1.72. The molecule has 0 saturated heterocycles. The number of nitrogens with two attached hydrogens (primary N) is 1. The van der Waals surface area contributed by atoms with Gasteiger partial charge in [-0.1, -0.05) is 18.2 Å². The number of rotatable bonds is 2. The Morgan fingerprint density at radius 2 is 1.83 bits per heavy atom. The van der Waals surface area contributed by atoms with E-state index in [0.29, 0.717) is 16.8 Å². The van der Waals surface area contributed by atoms with Crippen molar-refractivity contribution in [3.05, 3.63) is 53.8 Å². The molecule has 2 rings (SSSR count). The van der Waals surface area contributed by atoms with Gasteiger partial charge in [0.15, 0.2) is 0 Å². The first-order valence-corrected chi connectivity index (χ1v) is 5.35. The Bertz CT molecular complexity index is 579. The number of ether oxygens (including phenoxy) is 1. The zero-order chi connectivity index (χ0) is 13.1. The summed E-state index contributed by atoms with van der Waals surface area (Å²) in [5.41, 5.74) is 7.89. The molecule has 2 N–H and O–H groups in total. The van der Waals surface area contributed by atoms with Gasteiger partial charge in [0, 0.05) is 5.69 Å². The average Bonchev–Trinajstić information content (AvgIpc) is 2.39. The lowest BCUT2D eigenvalue weighted by Gasteiger charge is -2.09. The number of halogens is 1. The molecule has 0 atom stereocenters. The molecular formula is C14H12FNO2. The quantitative estimate of drug-likeness (QED) is 0.653. The normalized spacial score (nSPS) is 10.1. The van der Waals surface area contributed by atoms with E-state index >= 15 is 0 Å². The Morgan fingerprint density at radius 1 is 1.17 bits per heavy atom. The van der Waals surface area contributed by atoms with E-state index in [0.717, 1.165) is 5.56 Å². The molecule has 0 unspecified atom stereocenters. The topological polar surface area (TPSA) is 52.3 Å². The maximum absolute atomic E-state index is 12.9. The van der Waals surface area contributed by atoms with Crippen molar-refractivity contribution in [3.63, 3.8) is 0 Å². The lowest BCUT2D eigenvalue weighted by atomic mass is 9.99. The summed E-state index contributed by atoms with van der Waals surface area (Å²) in [6.45, 7) is 0. The van der Waals surface area contributed by atoms with Crippen molar-refractivity contribution >= 4 is 11.7 Å². The molecule has 0 amide bonds. The van der Waals surface area contributed by atoms with E-state index in [2.05, 4.69) is 0 Å². The number of anilines is 1. The van der Waals surface area contributed by atoms with Crippen molar-refractivity contribution in [2.75, 3.05) is 12.8 Å². The summed E-state index contributed by atoms with van der Waals surface area (Å²) >= 11 is 0. The second-order valence-corrected chi connectivity index (χ2v) is 3.80. The van der Waals surface area contributed by atoms with E-state index in [1.807, 2.05) is 0 Å². The largest absolute Gasteiger partial charge is 0.465 e. The molecule has 2 aromatic carbocycles. The molecule has 2 aromatic rings. The molecular weight excluding hydrogens is 233 g/mol. The van der Waals surface area contributed by atoms with Crippen molar-refractivity contribution in [1.82, 2.24) is 0 Å². The molecule has 0 aliphatic heterocycles. The van der Waals surface area contributed by atoms with Crippen molar-refractivity contribution in [2.45, 2.75) is 0 Å². The van der Waals surface area contributed by atoms with E-state index < -0.39 is 5.97 Å². The standard InChI is InChI=1S/C14H12FNO2/c1-18-14(17)13-8-11(16)6-7-12(13)9-2-4-10(15)5-3-9/h2-8H,16H2,1H3. The van der Waals surface area contributed by atoms with Gasteiger partial charge in [0.25, 0.3) is 0 Å². The molecule has 0 spiro atoms. The van der Waals surface area contributed by atoms with Gasteiger partial charge >= 0.3 is 5.97 Å². The SMILES string of the molecule is COC(=O)c1cc(N)ccc1-c1ccc(F)cc1. The molecule has 0 heterocycles. The molecule has 0 aliphatic rings. The third-order valence-corrected chi connectivity index (χ3v) is 2.60. The smallest absolute Gasteiger partial charge is 0.338 e. The monoisotopic (exact) mass is 245 g/mol. The molecule has 0 saturated carbocycles. The van der Waals surface area contributed by atoms with Crippen LogP contribution in [0, 0.1) is 5.82 Å². The number of carbonyl (C=O) groups is 1. The van der Waals surface area contributed by atoms with Gasteiger partial charge in [-0.2, -0.15) is 0 Å². The highest BCUT2D eigenvalue weighted by Crippen LogP contribution is 2.26. The van der Waals surface area contributed by atoms with Gasteiger partial charge in [-0.05, 0) is 35.4 Å². The van der Waals surface area contributed by atoms with Crippen LogP contribution >= 0.6 is 0 Å². The number of hydrogen-bond acceptors (Lipinski definition) is 3. The first-order chi connectivity index (χ1) is 8.61. The lowest BCUT2D eigenvalue weighted by Crippen LogP contribution is -2.04. The van der Waals surface area contributed by atoms with Crippen LogP contribution in [0.15, 0.2) is 42.5 Å². The predicted octanol–water partition coefficient (Wildman–Crippen LogP) is 2.86. The summed E-state index contributed by atoms with van der Waals surface area (Å²) in [6, 6.07) is 10.8. The Morgan fingerprint density at radius 3 is 2.44 bits per heavy atom. The lowest BCUT2D eigenvalue weighted by molar-refractivity contribution is 0.0601. The van der Waals surface area contributed by atoms with Crippen LogP contribution < -0.4 is 5.73 Å². The molecule has 0 aliphatic carbocycles. The van der Waals surface area contributed by atoms with Gasteiger partial charge in [0.1, 0.15) is 5.82 Å². The second kappa shape index (κ2) is 4.87. The maximum Gasteiger partial charge on any atom is 0.338 e. The second-order valence-electron chi connectivity index (χ2n) is 3.80. The van der Waals surface area contributed by atoms with Crippen LogP contribution in [0.25, 0.3) is 11.1 Å². The van der Waals surface area contributed by atoms with Gasteiger partial charge in [-0.3, -0.25) is 0 Å². The number of esters is 1. The van der Waals surface area contributed by atoms with Crippen LogP contribution in [-0.4, -0.2) is 13.1 Å². The molecule has 0 radical (unpaired) electrons. The Hall–Kier alpha value is -2.36. The minimum atomic E-state index is -0.471. The fraction of sp³-hybridized carbons (Fsp3) is 0.0714. The van der Waals surface area contributed by atoms with Crippen molar-refractivity contribution in [3.8, 4) is 11.1 Å². The minimum Gasteiger partial charge on any atom is -0.465 e. The van der Waals surface area contributed by atoms with Gasteiger partial charge in [-0.15, -0.1) is 0 Å². The first kappa shape index (κ1) is 12.1. The third-order valence-electron chi connectivity index (χ3n) is 2.60. The molecule has 0 fully saturated rings. The van der Waals surface area contributed by atoms with Crippen LogP contribution in [0.1, 0.15) is 10.4 Å². The third kappa shape index (κ3) is 2.32.